The molecule has 0 saturated carbocycles. The van der Waals surface area contributed by atoms with Crippen molar-refractivity contribution in [2.75, 3.05) is 4.90 Å². The van der Waals surface area contributed by atoms with Crippen LogP contribution in [-0.2, 0) is 9.59 Å². The van der Waals surface area contributed by atoms with Crippen molar-refractivity contribution >= 4 is 17.9 Å². The number of amides is 1. The van der Waals surface area contributed by atoms with Crippen molar-refractivity contribution in [2.45, 2.75) is 32.7 Å². The summed E-state index contributed by atoms with van der Waals surface area (Å²) in [6.07, 6.45) is 0.887. The molecule has 0 N–H and O–H groups in total. The maximum Gasteiger partial charge on any atom is 0.237 e. The first-order chi connectivity index (χ1) is 10.5. The molecule has 0 aromatic heterocycles. The third-order valence-electron chi connectivity index (χ3n) is 4.32. The normalized spacial score (nSPS) is 20.7. The van der Waals surface area contributed by atoms with E-state index in [1.54, 1.807) is 4.90 Å². The van der Waals surface area contributed by atoms with Gasteiger partial charge in [-0.15, -0.1) is 0 Å². The van der Waals surface area contributed by atoms with Gasteiger partial charge >= 0.3 is 0 Å². The molecular weight excluding hydrogens is 274 g/mol. The van der Waals surface area contributed by atoms with Gasteiger partial charge in [-0.25, -0.2) is 0 Å². The van der Waals surface area contributed by atoms with E-state index in [9.17, 15) is 9.59 Å². The summed E-state index contributed by atoms with van der Waals surface area (Å²) in [5, 5.41) is 0. The fourth-order valence-corrected chi connectivity index (χ4v) is 3.46. The lowest BCUT2D eigenvalue weighted by Crippen LogP contribution is -2.61. The number of hydrogen-bond donors (Lipinski definition) is 0. The summed E-state index contributed by atoms with van der Waals surface area (Å²) < 4.78 is 0. The second-order valence-electron chi connectivity index (χ2n) is 5.97. The Morgan fingerprint density at radius 3 is 2.14 bits per heavy atom. The van der Waals surface area contributed by atoms with Gasteiger partial charge in [0.1, 0.15) is 12.3 Å². The zero-order valence-corrected chi connectivity index (χ0v) is 13.0. The van der Waals surface area contributed by atoms with E-state index in [0.717, 1.165) is 34.2 Å². The molecule has 1 aliphatic rings. The van der Waals surface area contributed by atoms with Gasteiger partial charge in [0.05, 0.1) is 11.6 Å². The van der Waals surface area contributed by atoms with Crippen LogP contribution in [0.1, 0.15) is 28.2 Å². The lowest BCUT2D eigenvalue weighted by atomic mass is 9.81. The van der Waals surface area contributed by atoms with E-state index in [2.05, 4.69) is 0 Å². The zero-order chi connectivity index (χ0) is 15.9. The molecule has 3 nitrogen and oxygen atoms in total. The van der Waals surface area contributed by atoms with E-state index < -0.39 is 6.04 Å². The number of nitrogens with zero attached hydrogens (tertiary/aromatic N) is 1. The molecule has 0 bridgehead atoms. The van der Waals surface area contributed by atoms with Crippen LogP contribution < -0.4 is 4.90 Å². The highest BCUT2D eigenvalue weighted by Gasteiger charge is 2.49. The van der Waals surface area contributed by atoms with Gasteiger partial charge in [0.25, 0.3) is 0 Å². The second kappa shape index (κ2) is 5.41. The van der Waals surface area contributed by atoms with Crippen molar-refractivity contribution in [2.24, 2.45) is 0 Å². The van der Waals surface area contributed by atoms with Crippen LogP contribution >= 0.6 is 0 Å². The van der Waals surface area contributed by atoms with E-state index in [1.165, 1.54) is 0 Å². The minimum absolute atomic E-state index is 0.00152. The lowest BCUT2D eigenvalue weighted by Gasteiger charge is -2.45. The highest BCUT2D eigenvalue weighted by atomic mass is 16.2. The van der Waals surface area contributed by atoms with Crippen molar-refractivity contribution in [1.82, 2.24) is 0 Å². The number of aryl methyl sites for hydroxylation is 3. The number of carbonyl (C=O) groups is 2. The number of rotatable bonds is 3. The maximum atomic E-state index is 12.7. The topological polar surface area (TPSA) is 37.4 Å². The molecule has 112 valence electrons. The summed E-state index contributed by atoms with van der Waals surface area (Å²) in [4.78, 5) is 25.9. The van der Waals surface area contributed by atoms with E-state index in [4.69, 9.17) is 0 Å². The Labute approximate surface area is 130 Å². The molecule has 22 heavy (non-hydrogen) atoms. The van der Waals surface area contributed by atoms with Crippen molar-refractivity contribution in [3.05, 3.63) is 64.7 Å². The average molecular weight is 293 g/mol. The fraction of sp³-hybridized carbons (Fsp3) is 0.263. The van der Waals surface area contributed by atoms with Crippen molar-refractivity contribution in [3.8, 4) is 0 Å². The third-order valence-corrected chi connectivity index (χ3v) is 4.32. The molecule has 2 unspecified atom stereocenters. The Hall–Kier alpha value is -2.42. The molecule has 1 heterocycles. The molecule has 1 aliphatic heterocycles. The molecular formula is C19H19NO2. The quantitative estimate of drug-likeness (QED) is 0.643. The van der Waals surface area contributed by atoms with Gasteiger partial charge < -0.3 is 4.79 Å². The Balaban J connectivity index is 2.01. The summed E-state index contributed by atoms with van der Waals surface area (Å²) in [6, 6.07) is 13.2. The first-order valence-corrected chi connectivity index (χ1v) is 7.45. The molecule has 1 fully saturated rings. The number of anilines is 1. The smallest absolute Gasteiger partial charge is 0.237 e. The van der Waals surface area contributed by atoms with Gasteiger partial charge in [0, 0.05) is 0 Å². The van der Waals surface area contributed by atoms with Crippen LogP contribution in [0.2, 0.25) is 0 Å². The average Bonchev–Trinajstić information content (AvgIpc) is 2.48. The number of hydrogen-bond acceptors (Lipinski definition) is 2. The summed E-state index contributed by atoms with van der Waals surface area (Å²) in [6.45, 7) is 6.01. The van der Waals surface area contributed by atoms with Gasteiger partial charge in [-0.1, -0.05) is 48.0 Å². The summed E-state index contributed by atoms with van der Waals surface area (Å²) in [7, 11) is 0. The fourth-order valence-electron chi connectivity index (χ4n) is 3.46. The Morgan fingerprint density at radius 2 is 1.59 bits per heavy atom. The Morgan fingerprint density at radius 1 is 1.00 bits per heavy atom. The van der Waals surface area contributed by atoms with Crippen LogP contribution in [0.5, 0.6) is 0 Å². The van der Waals surface area contributed by atoms with Crippen LogP contribution in [0.4, 0.5) is 5.69 Å². The van der Waals surface area contributed by atoms with Gasteiger partial charge in [-0.05, 0) is 37.5 Å². The minimum Gasteiger partial charge on any atom is -0.301 e. The van der Waals surface area contributed by atoms with Crippen molar-refractivity contribution < 1.29 is 9.59 Å². The molecule has 2 atom stereocenters. The molecule has 2 aromatic carbocycles. The zero-order valence-electron chi connectivity index (χ0n) is 13.0. The highest BCUT2D eigenvalue weighted by Crippen LogP contribution is 2.41. The molecule has 3 rings (SSSR count). The molecule has 2 aromatic rings. The van der Waals surface area contributed by atoms with Gasteiger partial charge in [0.2, 0.25) is 5.91 Å². The molecule has 0 radical (unpaired) electrons. The van der Waals surface area contributed by atoms with E-state index >= 15 is 0 Å². The molecule has 1 amide bonds. The van der Waals surface area contributed by atoms with Crippen LogP contribution in [-0.4, -0.2) is 18.2 Å². The number of carbonyl (C=O) groups excluding carboxylic acids is 2. The standard InChI is InChI=1S/C19H19NO2/c1-12-9-13(2)18(14(3)10-12)20-16(11-21)17(19(20)22)15-7-5-4-6-8-15/h4-11,16-17H,1-3H3. The second-order valence-corrected chi connectivity index (χ2v) is 5.97. The van der Waals surface area contributed by atoms with Crippen molar-refractivity contribution in [3.63, 3.8) is 0 Å². The molecule has 0 spiro atoms. The van der Waals surface area contributed by atoms with E-state index in [-0.39, 0.29) is 11.8 Å². The predicted octanol–water partition coefficient (Wildman–Crippen LogP) is 3.31. The first kappa shape index (κ1) is 14.5. The highest BCUT2D eigenvalue weighted by molar-refractivity contribution is 6.12. The van der Waals surface area contributed by atoms with Crippen LogP contribution in [0.3, 0.4) is 0 Å². The van der Waals surface area contributed by atoms with Crippen LogP contribution in [0, 0.1) is 20.8 Å². The third kappa shape index (κ3) is 2.13. The lowest BCUT2D eigenvalue weighted by molar-refractivity contribution is -0.130. The molecule has 0 aliphatic carbocycles. The summed E-state index contributed by atoms with van der Waals surface area (Å²) in [5.74, 6) is -0.364. The molecule has 3 heteroatoms. The number of β-lactam (4-membered cyclic amide) rings is 1. The number of aldehydes is 1. The maximum absolute atomic E-state index is 12.7. The summed E-state index contributed by atoms with van der Waals surface area (Å²) >= 11 is 0. The first-order valence-electron chi connectivity index (χ1n) is 7.45. The van der Waals surface area contributed by atoms with Crippen LogP contribution in [0.15, 0.2) is 42.5 Å². The predicted molar refractivity (Wildman–Crippen MR) is 87.2 cm³/mol. The van der Waals surface area contributed by atoms with Gasteiger partial charge in [-0.3, -0.25) is 9.69 Å². The van der Waals surface area contributed by atoms with Crippen LogP contribution in [0.25, 0.3) is 0 Å². The van der Waals surface area contributed by atoms with Crippen molar-refractivity contribution in [1.29, 1.82) is 0 Å². The van der Waals surface area contributed by atoms with Gasteiger partial charge in [-0.2, -0.15) is 0 Å². The van der Waals surface area contributed by atoms with Gasteiger partial charge in [0.15, 0.2) is 0 Å². The Bertz CT molecular complexity index is 713. The summed E-state index contributed by atoms with van der Waals surface area (Å²) in [5.41, 5.74) is 5.01. The molecule has 1 saturated heterocycles. The minimum atomic E-state index is -0.421. The largest absolute Gasteiger partial charge is 0.301 e. The monoisotopic (exact) mass is 293 g/mol. The Kier molecular flexibility index (Phi) is 3.57. The van der Waals surface area contributed by atoms with E-state index in [0.29, 0.717) is 0 Å². The number of benzene rings is 2. The SMILES string of the molecule is Cc1cc(C)c(N2C(=O)C(c3ccccc3)C2C=O)c(C)c1. The van der Waals surface area contributed by atoms with E-state index in [1.807, 2.05) is 63.2 Å².